The molecule has 0 N–H and O–H groups in total. The number of oxime groups is 1. The SMILES string of the molecule is CC(C)C1=NOC(C(=O)N2CCN(c3ccncc3)CC2)C1. The molecule has 1 atom stereocenters. The monoisotopic (exact) mass is 302 g/mol. The summed E-state index contributed by atoms with van der Waals surface area (Å²) in [4.78, 5) is 26.0. The average molecular weight is 302 g/mol. The van der Waals surface area contributed by atoms with Gasteiger partial charge in [-0.1, -0.05) is 19.0 Å². The second kappa shape index (κ2) is 6.34. The van der Waals surface area contributed by atoms with Gasteiger partial charge in [-0.2, -0.15) is 0 Å². The van der Waals surface area contributed by atoms with Crippen LogP contribution in [0.3, 0.4) is 0 Å². The van der Waals surface area contributed by atoms with Crippen LogP contribution in [0.2, 0.25) is 0 Å². The van der Waals surface area contributed by atoms with E-state index in [9.17, 15) is 4.79 Å². The van der Waals surface area contributed by atoms with Gasteiger partial charge in [0, 0.05) is 50.7 Å². The zero-order chi connectivity index (χ0) is 15.5. The summed E-state index contributed by atoms with van der Waals surface area (Å²) >= 11 is 0. The Balaban J connectivity index is 1.53. The van der Waals surface area contributed by atoms with Crippen molar-refractivity contribution in [2.45, 2.75) is 26.4 Å². The smallest absolute Gasteiger partial charge is 0.267 e. The first-order valence-corrected chi connectivity index (χ1v) is 7.81. The van der Waals surface area contributed by atoms with E-state index < -0.39 is 6.10 Å². The molecule has 118 valence electrons. The van der Waals surface area contributed by atoms with E-state index in [2.05, 4.69) is 28.9 Å². The van der Waals surface area contributed by atoms with Gasteiger partial charge in [-0.05, 0) is 18.1 Å². The summed E-state index contributed by atoms with van der Waals surface area (Å²) in [5.74, 6) is 0.398. The van der Waals surface area contributed by atoms with Crippen LogP contribution in [-0.2, 0) is 9.63 Å². The fourth-order valence-electron chi connectivity index (χ4n) is 2.81. The standard InChI is InChI=1S/C16H22N4O2/c1-12(2)14-11-15(22-18-14)16(21)20-9-7-19(8-10-20)13-3-5-17-6-4-13/h3-6,12,15H,7-11H2,1-2H3. The minimum atomic E-state index is -0.426. The van der Waals surface area contributed by atoms with Crippen LogP contribution in [0.15, 0.2) is 29.7 Å². The van der Waals surface area contributed by atoms with Gasteiger partial charge < -0.3 is 14.6 Å². The number of aromatic nitrogens is 1. The van der Waals surface area contributed by atoms with Crippen molar-refractivity contribution in [2.75, 3.05) is 31.1 Å². The molecule has 0 bridgehead atoms. The van der Waals surface area contributed by atoms with E-state index >= 15 is 0 Å². The fraction of sp³-hybridized carbons (Fsp3) is 0.562. The lowest BCUT2D eigenvalue weighted by molar-refractivity contribution is -0.142. The molecule has 2 aliphatic rings. The predicted octanol–water partition coefficient (Wildman–Crippen LogP) is 1.53. The molecule has 1 saturated heterocycles. The van der Waals surface area contributed by atoms with Gasteiger partial charge in [0.05, 0.1) is 5.71 Å². The first kappa shape index (κ1) is 14.8. The normalized spacial score (nSPS) is 21.8. The van der Waals surface area contributed by atoms with Crippen molar-refractivity contribution in [3.63, 3.8) is 0 Å². The highest BCUT2D eigenvalue weighted by Crippen LogP contribution is 2.20. The molecule has 0 aromatic carbocycles. The Hall–Kier alpha value is -2.11. The molecule has 1 amide bonds. The summed E-state index contributed by atoms with van der Waals surface area (Å²) < 4.78 is 0. The molecule has 3 heterocycles. The van der Waals surface area contributed by atoms with E-state index in [1.54, 1.807) is 12.4 Å². The Labute approximate surface area is 130 Å². The Morgan fingerprint density at radius 2 is 1.91 bits per heavy atom. The second-order valence-corrected chi connectivity index (χ2v) is 6.05. The maximum Gasteiger partial charge on any atom is 0.267 e. The van der Waals surface area contributed by atoms with Gasteiger partial charge in [0.15, 0.2) is 0 Å². The Kier molecular flexibility index (Phi) is 4.27. The van der Waals surface area contributed by atoms with Crippen LogP contribution < -0.4 is 4.90 Å². The van der Waals surface area contributed by atoms with Gasteiger partial charge in [0.2, 0.25) is 6.10 Å². The summed E-state index contributed by atoms with van der Waals surface area (Å²) in [5.41, 5.74) is 2.14. The minimum Gasteiger partial charge on any atom is -0.382 e. The third-order valence-corrected chi connectivity index (χ3v) is 4.25. The Morgan fingerprint density at radius 1 is 1.23 bits per heavy atom. The van der Waals surface area contributed by atoms with E-state index in [4.69, 9.17) is 4.84 Å². The highest BCUT2D eigenvalue weighted by molar-refractivity contribution is 5.93. The highest BCUT2D eigenvalue weighted by atomic mass is 16.6. The van der Waals surface area contributed by atoms with Crippen LogP contribution >= 0.6 is 0 Å². The molecule has 3 rings (SSSR count). The van der Waals surface area contributed by atoms with E-state index in [1.807, 2.05) is 17.0 Å². The number of carbonyl (C=O) groups is 1. The van der Waals surface area contributed by atoms with Gasteiger partial charge in [-0.25, -0.2) is 0 Å². The van der Waals surface area contributed by atoms with Crippen molar-refractivity contribution in [3.8, 4) is 0 Å². The van der Waals surface area contributed by atoms with Crippen LogP contribution in [-0.4, -0.2) is 53.8 Å². The first-order valence-electron chi connectivity index (χ1n) is 7.81. The molecule has 1 fully saturated rings. The molecule has 0 saturated carbocycles. The van der Waals surface area contributed by atoms with Crippen LogP contribution in [0.1, 0.15) is 20.3 Å². The number of pyridine rings is 1. The minimum absolute atomic E-state index is 0.0637. The van der Waals surface area contributed by atoms with Gasteiger partial charge in [-0.15, -0.1) is 0 Å². The lowest BCUT2D eigenvalue weighted by Gasteiger charge is -2.36. The highest BCUT2D eigenvalue weighted by Gasteiger charge is 2.34. The van der Waals surface area contributed by atoms with Crippen molar-refractivity contribution in [3.05, 3.63) is 24.5 Å². The van der Waals surface area contributed by atoms with Crippen molar-refractivity contribution in [1.29, 1.82) is 0 Å². The number of anilines is 1. The van der Waals surface area contributed by atoms with E-state index in [-0.39, 0.29) is 5.91 Å². The number of carbonyl (C=O) groups excluding carboxylic acids is 1. The zero-order valence-corrected chi connectivity index (χ0v) is 13.1. The Morgan fingerprint density at radius 3 is 2.50 bits per heavy atom. The summed E-state index contributed by atoms with van der Waals surface area (Å²) in [6.07, 6.45) is 3.79. The second-order valence-electron chi connectivity index (χ2n) is 6.05. The molecule has 0 spiro atoms. The van der Waals surface area contributed by atoms with Crippen molar-refractivity contribution in [1.82, 2.24) is 9.88 Å². The van der Waals surface area contributed by atoms with E-state index in [1.165, 1.54) is 0 Å². The summed E-state index contributed by atoms with van der Waals surface area (Å²) in [6, 6.07) is 4.00. The number of hydrogen-bond donors (Lipinski definition) is 0. The van der Waals surface area contributed by atoms with Gasteiger partial charge >= 0.3 is 0 Å². The third kappa shape index (κ3) is 3.05. The zero-order valence-electron chi connectivity index (χ0n) is 13.1. The number of hydrogen-bond acceptors (Lipinski definition) is 5. The molecule has 22 heavy (non-hydrogen) atoms. The van der Waals surface area contributed by atoms with Crippen molar-refractivity contribution >= 4 is 17.3 Å². The number of rotatable bonds is 3. The largest absolute Gasteiger partial charge is 0.382 e. The van der Waals surface area contributed by atoms with Gasteiger partial charge in [-0.3, -0.25) is 9.78 Å². The van der Waals surface area contributed by atoms with Gasteiger partial charge in [0.25, 0.3) is 5.91 Å². The molecule has 6 nitrogen and oxygen atoms in total. The lowest BCUT2D eigenvalue weighted by Crippen LogP contribution is -2.51. The van der Waals surface area contributed by atoms with Crippen LogP contribution in [0, 0.1) is 5.92 Å². The molecular formula is C16H22N4O2. The Bertz CT molecular complexity index is 551. The van der Waals surface area contributed by atoms with Crippen LogP contribution in [0.5, 0.6) is 0 Å². The first-order chi connectivity index (χ1) is 10.6. The summed E-state index contributed by atoms with van der Waals surface area (Å²) in [6.45, 7) is 7.25. The molecule has 1 aromatic heterocycles. The van der Waals surface area contributed by atoms with Crippen molar-refractivity contribution < 1.29 is 9.63 Å². The lowest BCUT2D eigenvalue weighted by atomic mass is 10.0. The van der Waals surface area contributed by atoms with E-state index in [0.717, 1.165) is 37.6 Å². The van der Waals surface area contributed by atoms with Crippen LogP contribution in [0.4, 0.5) is 5.69 Å². The molecule has 1 unspecified atom stereocenters. The molecular weight excluding hydrogens is 280 g/mol. The number of piperazine rings is 1. The molecule has 1 aromatic rings. The summed E-state index contributed by atoms with van der Waals surface area (Å²) in [7, 11) is 0. The molecule has 0 radical (unpaired) electrons. The average Bonchev–Trinajstić information content (AvgIpc) is 3.05. The maximum absolute atomic E-state index is 12.5. The molecule has 0 aliphatic carbocycles. The third-order valence-electron chi connectivity index (χ3n) is 4.25. The predicted molar refractivity (Wildman–Crippen MR) is 84.8 cm³/mol. The number of amides is 1. The fourth-order valence-corrected chi connectivity index (χ4v) is 2.81. The van der Waals surface area contributed by atoms with Crippen LogP contribution in [0.25, 0.3) is 0 Å². The van der Waals surface area contributed by atoms with Crippen molar-refractivity contribution in [2.24, 2.45) is 11.1 Å². The summed E-state index contributed by atoms with van der Waals surface area (Å²) in [5, 5.41) is 4.05. The molecule has 2 aliphatic heterocycles. The topological polar surface area (TPSA) is 58.0 Å². The quantitative estimate of drug-likeness (QED) is 0.849. The molecule has 6 heteroatoms. The van der Waals surface area contributed by atoms with E-state index in [0.29, 0.717) is 12.3 Å². The maximum atomic E-state index is 12.5. The number of nitrogens with zero attached hydrogens (tertiary/aromatic N) is 4. The van der Waals surface area contributed by atoms with Gasteiger partial charge in [0.1, 0.15) is 0 Å².